The summed E-state index contributed by atoms with van der Waals surface area (Å²) >= 11 is 1.33. The van der Waals surface area contributed by atoms with Crippen LogP contribution in [0.5, 0.6) is 0 Å². The third kappa shape index (κ3) is 3.56. The molecule has 0 radical (unpaired) electrons. The van der Waals surface area contributed by atoms with Gasteiger partial charge in [-0.15, -0.1) is 11.8 Å². The predicted octanol–water partition coefficient (Wildman–Crippen LogP) is 0.226. The molecule has 0 unspecified atom stereocenters. The van der Waals surface area contributed by atoms with Gasteiger partial charge >= 0.3 is 0 Å². The van der Waals surface area contributed by atoms with E-state index < -0.39 is 0 Å². The Hall–Kier alpha value is -0.730. The Labute approximate surface area is 87.9 Å². The number of hydrogen-bond donors (Lipinski definition) is 1. The van der Waals surface area contributed by atoms with Crippen molar-refractivity contribution < 1.29 is 9.90 Å². The molecule has 5 heteroatoms. The fourth-order valence-corrected chi connectivity index (χ4v) is 1.81. The summed E-state index contributed by atoms with van der Waals surface area (Å²) in [5.74, 6) is 0.745. The fraction of sp³-hybridized carbons (Fsp3) is 0.778. The summed E-state index contributed by atoms with van der Waals surface area (Å²) in [4.78, 5) is 13.3. The van der Waals surface area contributed by atoms with Crippen LogP contribution in [0.2, 0.25) is 0 Å². The SMILES string of the molecule is N#CCSCC(=O)N(CCO)C1CC1. The van der Waals surface area contributed by atoms with E-state index in [-0.39, 0.29) is 12.5 Å². The third-order valence-electron chi connectivity index (χ3n) is 2.04. The van der Waals surface area contributed by atoms with Crippen LogP contribution in [-0.2, 0) is 4.79 Å². The highest BCUT2D eigenvalue weighted by molar-refractivity contribution is 8.00. The second-order valence-corrected chi connectivity index (χ2v) is 4.18. The lowest BCUT2D eigenvalue weighted by atomic mass is 10.4. The summed E-state index contributed by atoms with van der Waals surface area (Å²) in [5.41, 5.74) is 0. The number of aliphatic hydroxyl groups is 1. The quantitative estimate of drug-likeness (QED) is 0.643. The van der Waals surface area contributed by atoms with Crippen molar-refractivity contribution in [2.45, 2.75) is 18.9 Å². The van der Waals surface area contributed by atoms with Gasteiger partial charge in [-0.05, 0) is 12.8 Å². The van der Waals surface area contributed by atoms with Crippen molar-refractivity contribution in [1.82, 2.24) is 4.90 Å². The number of aliphatic hydroxyl groups excluding tert-OH is 1. The van der Waals surface area contributed by atoms with Crippen molar-refractivity contribution in [3.05, 3.63) is 0 Å². The van der Waals surface area contributed by atoms with Crippen molar-refractivity contribution in [3.8, 4) is 6.07 Å². The van der Waals surface area contributed by atoms with Gasteiger partial charge in [0.1, 0.15) is 0 Å². The van der Waals surface area contributed by atoms with Gasteiger partial charge in [-0.2, -0.15) is 5.26 Å². The second-order valence-electron chi connectivity index (χ2n) is 3.19. The number of carbonyl (C=O) groups is 1. The van der Waals surface area contributed by atoms with Crippen LogP contribution in [-0.4, -0.2) is 46.6 Å². The molecule has 1 aliphatic carbocycles. The van der Waals surface area contributed by atoms with Gasteiger partial charge < -0.3 is 10.0 Å². The molecule has 78 valence electrons. The van der Waals surface area contributed by atoms with Gasteiger partial charge in [-0.1, -0.05) is 0 Å². The monoisotopic (exact) mass is 214 g/mol. The molecule has 0 heterocycles. The highest BCUT2D eigenvalue weighted by atomic mass is 32.2. The standard InChI is InChI=1S/C9H14N2O2S/c10-3-6-14-7-9(13)11(4-5-12)8-1-2-8/h8,12H,1-2,4-7H2. The number of nitrogens with zero attached hydrogens (tertiary/aromatic N) is 2. The van der Waals surface area contributed by atoms with Crippen LogP contribution in [0.1, 0.15) is 12.8 Å². The van der Waals surface area contributed by atoms with E-state index in [1.807, 2.05) is 6.07 Å². The van der Waals surface area contributed by atoms with Crippen molar-refractivity contribution in [2.24, 2.45) is 0 Å². The van der Waals surface area contributed by atoms with E-state index in [0.717, 1.165) is 12.8 Å². The summed E-state index contributed by atoms with van der Waals surface area (Å²) in [6.07, 6.45) is 2.10. The molecule has 0 aromatic heterocycles. The van der Waals surface area contributed by atoms with Crippen molar-refractivity contribution in [3.63, 3.8) is 0 Å². The Morgan fingerprint density at radius 3 is 2.86 bits per heavy atom. The minimum Gasteiger partial charge on any atom is -0.395 e. The normalized spacial score (nSPS) is 14.9. The van der Waals surface area contributed by atoms with E-state index in [1.54, 1.807) is 4.90 Å². The molecule has 1 N–H and O–H groups in total. The first-order valence-electron chi connectivity index (χ1n) is 4.64. The zero-order valence-corrected chi connectivity index (χ0v) is 8.79. The summed E-state index contributed by atoms with van der Waals surface area (Å²) < 4.78 is 0. The molecule has 1 rings (SSSR count). The molecule has 0 atom stereocenters. The smallest absolute Gasteiger partial charge is 0.232 e. The minimum atomic E-state index is 0.0190. The molecule has 1 saturated carbocycles. The lowest BCUT2D eigenvalue weighted by Crippen LogP contribution is -2.36. The number of carbonyl (C=O) groups excluding carboxylic acids is 1. The molecular weight excluding hydrogens is 200 g/mol. The number of amides is 1. The summed E-state index contributed by atoms with van der Waals surface area (Å²) in [6, 6.07) is 2.33. The molecule has 0 bridgehead atoms. The van der Waals surface area contributed by atoms with Crippen LogP contribution in [0.15, 0.2) is 0 Å². The van der Waals surface area contributed by atoms with Crippen LogP contribution in [0.3, 0.4) is 0 Å². The van der Waals surface area contributed by atoms with Gasteiger partial charge in [0.25, 0.3) is 0 Å². The Morgan fingerprint density at radius 1 is 1.64 bits per heavy atom. The Balaban J connectivity index is 2.27. The number of rotatable bonds is 6. The second kappa shape index (κ2) is 5.89. The van der Waals surface area contributed by atoms with Crippen LogP contribution in [0, 0.1) is 11.3 Å². The molecule has 14 heavy (non-hydrogen) atoms. The Kier molecular flexibility index (Phi) is 4.77. The lowest BCUT2D eigenvalue weighted by Gasteiger charge is -2.20. The van der Waals surface area contributed by atoms with Crippen LogP contribution >= 0.6 is 11.8 Å². The first-order chi connectivity index (χ1) is 6.79. The highest BCUT2D eigenvalue weighted by Crippen LogP contribution is 2.27. The van der Waals surface area contributed by atoms with Crippen molar-refractivity contribution in [2.75, 3.05) is 24.7 Å². The van der Waals surface area contributed by atoms with Gasteiger partial charge in [0.15, 0.2) is 0 Å². The first-order valence-corrected chi connectivity index (χ1v) is 5.80. The Bertz CT molecular complexity index is 235. The van der Waals surface area contributed by atoms with Gasteiger partial charge in [0.05, 0.1) is 24.2 Å². The molecule has 4 nitrogen and oxygen atoms in total. The molecule has 1 fully saturated rings. The first kappa shape index (κ1) is 11.3. The number of thioether (sulfide) groups is 1. The maximum atomic E-state index is 11.6. The third-order valence-corrected chi connectivity index (χ3v) is 2.83. The molecule has 0 saturated heterocycles. The van der Waals surface area contributed by atoms with Crippen LogP contribution in [0.4, 0.5) is 0 Å². The van der Waals surface area contributed by atoms with E-state index in [9.17, 15) is 4.79 Å². The zero-order valence-electron chi connectivity index (χ0n) is 7.98. The van der Waals surface area contributed by atoms with E-state index in [1.165, 1.54) is 11.8 Å². The van der Waals surface area contributed by atoms with Gasteiger partial charge in [-0.3, -0.25) is 4.79 Å². The topological polar surface area (TPSA) is 64.3 Å². The number of nitriles is 1. The van der Waals surface area contributed by atoms with Crippen molar-refractivity contribution in [1.29, 1.82) is 5.26 Å². The maximum Gasteiger partial charge on any atom is 0.232 e. The molecule has 0 spiro atoms. The molecular formula is C9H14N2O2S. The van der Waals surface area contributed by atoms with Crippen LogP contribution in [0.25, 0.3) is 0 Å². The minimum absolute atomic E-state index is 0.0190. The summed E-state index contributed by atoms with van der Waals surface area (Å²) in [6.45, 7) is 0.446. The lowest BCUT2D eigenvalue weighted by molar-refractivity contribution is -0.129. The van der Waals surface area contributed by atoms with E-state index in [4.69, 9.17) is 10.4 Å². The molecule has 1 amide bonds. The largest absolute Gasteiger partial charge is 0.395 e. The van der Waals surface area contributed by atoms with Crippen LogP contribution < -0.4 is 0 Å². The Morgan fingerprint density at radius 2 is 2.36 bits per heavy atom. The maximum absolute atomic E-state index is 11.6. The average molecular weight is 214 g/mol. The van der Waals surface area contributed by atoms with E-state index in [0.29, 0.717) is 24.1 Å². The highest BCUT2D eigenvalue weighted by Gasteiger charge is 2.31. The zero-order chi connectivity index (χ0) is 10.4. The summed E-state index contributed by atoms with van der Waals surface area (Å²) in [5, 5.41) is 17.1. The molecule has 0 aromatic rings. The van der Waals surface area contributed by atoms with Gasteiger partial charge in [-0.25, -0.2) is 0 Å². The average Bonchev–Trinajstić information content (AvgIpc) is 2.98. The van der Waals surface area contributed by atoms with Gasteiger partial charge in [0.2, 0.25) is 5.91 Å². The van der Waals surface area contributed by atoms with Gasteiger partial charge in [0, 0.05) is 12.6 Å². The molecule has 1 aliphatic rings. The van der Waals surface area contributed by atoms with E-state index in [2.05, 4.69) is 0 Å². The number of hydrogen-bond acceptors (Lipinski definition) is 4. The molecule has 0 aliphatic heterocycles. The molecule has 0 aromatic carbocycles. The van der Waals surface area contributed by atoms with Crippen molar-refractivity contribution >= 4 is 17.7 Å². The summed E-state index contributed by atoms with van der Waals surface area (Å²) in [7, 11) is 0. The fourth-order valence-electron chi connectivity index (χ4n) is 1.27. The predicted molar refractivity (Wildman–Crippen MR) is 54.8 cm³/mol. The van der Waals surface area contributed by atoms with E-state index >= 15 is 0 Å².